The van der Waals surface area contributed by atoms with E-state index in [-0.39, 0.29) is 12.6 Å². The summed E-state index contributed by atoms with van der Waals surface area (Å²) in [7, 11) is 0. The molecule has 0 saturated carbocycles. The average Bonchev–Trinajstić information content (AvgIpc) is 2.27. The van der Waals surface area contributed by atoms with E-state index < -0.39 is 13.0 Å². The molecule has 5 nitrogen and oxygen atoms in total. The molecule has 1 rings (SSSR count). The molecule has 7 heteroatoms. The minimum absolute atomic E-state index is 0.0485. The molecular formula is C11H18F2N4O. The van der Waals surface area contributed by atoms with Crippen LogP contribution >= 0.6 is 0 Å². The highest BCUT2D eigenvalue weighted by atomic mass is 19.3. The molecular weight excluding hydrogens is 242 g/mol. The number of nitrogens with two attached hydrogens (primary N) is 1. The van der Waals surface area contributed by atoms with Crippen LogP contribution in [0.2, 0.25) is 0 Å². The van der Waals surface area contributed by atoms with Crippen LogP contribution in [-0.2, 0) is 0 Å². The van der Waals surface area contributed by atoms with Crippen LogP contribution in [0, 0.1) is 0 Å². The van der Waals surface area contributed by atoms with Crippen molar-refractivity contribution in [3.05, 3.63) is 12.4 Å². The normalized spacial score (nSPS) is 11.1. The van der Waals surface area contributed by atoms with Crippen LogP contribution in [0.3, 0.4) is 0 Å². The number of aromatic nitrogens is 2. The van der Waals surface area contributed by atoms with Gasteiger partial charge in [0.15, 0.2) is 5.82 Å². The molecule has 2 N–H and O–H groups in total. The van der Waals surface area contributed by atoms with Gasteiger partial charge in [-0.05, 0) is 13.8 Å². The van der Waals surface area contributed by atoms with E-state index in [1.54, 1.807) is 0 Å². The smallest absolute Gasteiger partial charge is 0.255 e. The van der Waals surface area contributed by atoms with Gasteiger partial charge in [-0.25, -0.2) is 8.78 Å². The van der Waals surface area contributed by atoms with Crippen molar-refractivity contribution in [3.63, 3.8) is 0 Å². The summed E-state index contributed by atoms with van der Waals surface area (Å²) in [5, 5.41) is 0. The van der Waals surface area contributed by atoms with Crippen molar-refractivity contribution in [2.75, 3.05) is 24.5 Å². The maximum atomic E-state index is 12.4. The number of ether oxygens (including phenoxy) is 1. The fraction of sp³-hybridized carbons (Fsp3) is 0.636. The van der Waals surface area contributed by atoms with Gasteiger partial charge in [0, 0.05) is 13.1 Å². The molecule has 0 atom stereocenters. The summed E-state index contributed by atoms with van der Waals surface area (Å²) in [4.78, 5) is 9.46. The van der Waals surface area contributed by atoms with Crippen LogP contribution in [0.1, 0.15) is 13.8 Å². The first-order valence-corrected chi connectivity index (χ1v) is 5.74. The Kier molecular flexibility index (Phi) is 5.70. The number of alkyl halides is 2. The summed E-state index contributed by atoms with van der Waals surface area (Å²) in [5.41, 5.74) is 5.40. The molecule has 0 radical (unpaired) electrons. The lowest BCUT2D eigenvalue weighted by atomic mass is 10.4. The molecule has 0 aliphatic rings. The van der Waals surface area contributed by atoms with Gasteiger partial charge in [-0.15, -0.1) is 0 Å². The molecule has 1 aromatic heterocycles. The lowest BCUT2D eigenvalue weighted by molar-refractivity contribution is 0.154. The Balaban J connectivity index is 2.83. The first-order valence-electron chi connectivity index (χ1n) is 5.74. The molecule has 102 valence electrons. The lowest BCUT2D eigenvalue weighted by Crippen LogP contribution is -2.34. The molecule has 0 spiro atoms. The average molecular weight is 260 g/mol. The van der Waals surface area contributed by atoms with Crippen LogP contribution in [0.4, 0.5) is 14.6 Å². The highest BCUT2D eigenvalue weighted by molar-refractivity contribution is 5.37. The van der Waals surface area contributed by atoms with Gasteiger partial charge in [-0.3, -0.25) is 4.98 Å². The third kappa shape index (κ3) is 4.79. The van der Waals surface area contributed by atoms with Crippen molar-refractivity contribution < 1.29 is 13.5 Å². The highest BCUT2D eigenvalue weighted by Crippen LogP contribution is 2.15. The summed E-state index contributed by atoms with van der Waals surface area (Å²) in [5.74, 6) is 0.665. The monoisotopic (exact) mass is 260 g/mol. The Hall–Kier alpha value is -1.50. The summed E-state index contributed by atoms with van der Waals surface area (Å²) in [6, 6.07) is 0. The Bertz CT molecular complexity index is 363. The summed E-state index contributed by atoms with van der Waals surface area (Å²) in [6.45, 7) is 3.85. The number of halogens is 2. The largest absolute Gasteiger partial charge is 0.474 e. The van der Waals surface area contributed by atoms with E-state index in [0.717, 1.165) is 0 Å². The Morgan fingerprint density at radius 3 is 2.67 bits per heavy atom. The predicted molar refractivity (Wildman–Crippen MR) is 65.1 cm³/mol. The van der Waals surface area contributed by atoms with Gasteiger partial charge >= 0.3 is 0 Å². The summed E-state index contributed by atoms with van der Waals surface area (Å²) >= 11 is 0. The number of hydrogen-bond donors (Lipinski definition) is 1. The SMILES string of the molecule is CC(C)Oc1cncc(N(CCN)CC(F)F)n1. The summed E-state index contributed by atoms with van der Waals surface area (Å²) < 4.78 is 30.3. The third-order valence-electron chi connectivity index (χ3n) is 2.04. The standard InChI is InChI=1S/C11H18F2N4O/c1-8(2)18-11-6-15-5-10(16-11)17(4-3-14)7-9(12)13/h5-6,8-9H,3-4,7,14H2,1-2H3. The van der Waals surface area contributed by atoms with Crippen LogP contribution in [-0.4, -0.2) is 42.1 Å². The lowest BCUT2D eigenvalue weighted by Gasteiger charge is -2.22. The summed E-state index contributed by atoms with van der Waals surface area (Å²) in [6.07, 6.45) is 0.373. The Morgan fingerprint density at radius 1 is 1.39 bits per heavy atom. The Labute approximate surface area is 105 Å². The van der Waals surface area contributed by atoms with Gasteiger partial charge in [-0.1, -0.05) is 0 Å². The fourth-order valence-corrected chi connectivity index (χ4v) is 1.41. The quantitative estimate of drug-likeness (QED) is 0.800. The molecule has 0 unspecified atom stereocenters. The molecule has 18 heavy (non-hydrogen) atoms. The van der Waals surface area contributed by atoms with Crippen molar-refractivity contribution in [3.8, 4) is 5.88 Å². The minimum atomic E-state index is -2.45. The third-order valence-corrected chi connectivity index (χ3v) is 2.04. The van der Waals surface area contributed by atoms with Crippen LogP contribution < -0.4 is 15.4 Å². The number of nitrogens with zero attached hydrogens (tertiary/aromatic N) is 3. The fourth-order valence-electron chi connectivity index (χ4n) is 1.41. The van der Waals surface area contributed by atoms with E-state index >= 15 is 0 Å². The zero-order valence-electron chi connectivity index (χ0n) is 10.5. The van der Waals surface area contributed by atoms with Crippen molar-refractivity contribution in [1.82, 2.24) is 9.97 Å². The van der Waals surface area contributed by atoms with Crippen LogP contribution in [0.15, 0.2) is 12.4 Å². The molecule has 0 aliphatic carbocycles. The van der Waals surface area contributed by atoms with Crippen molar-refractivity contribution in [2.45, 2.75) is 26.4 Å². The van der Waals surface area contributed by atoms with Crippen LogP contribution in [0.25, 0.3) is 0 Å². The van der Waals surface area contributed by atoms with Crippen molar-refractivity contribution >= 4 is 5.82 Å². The molecule has 0 aliphatic heterocycles. The zero-order chi connectivity index (χ0) is 13.5. The second kappa shape index (κ2) is 7.05. The van der Waals surface area contributed by atoms with Gasteiger partial charge < -0.3 is 15.4 Å². The number of hydrogen-bond acceptors (Lipinski definition) is 5. The van der Waals surface area contributed by atoms with E-state index in [1.165, 1.54) is 17.3 Å². The van der Waals surface area contributed by atoms with E-state index in [2.05, 4.69) is 9.97 Å². The Morgan fingerprint density at radius 2 is 2.11 bits per heavy atom. The predicted octanol–water partition coefficient (Wildman–Crippen LogP) is 1.29. The second-order valence-electron chi connectivity index (χ2n) is 4.01. The van der Waals surface area contributed by atoms with E-state index in [0.29, 0.717) is 18.2 Å². The maximum Gasteiger partial charge on any atom is 0.255 e. The molecule has 0 amide bonds. The molecule has 0 aromatic carbocycles. The number of rotatable bonds is 7. The first kappa shape index (κ1) is 14.6. The maximum absolute atomic E-state index is 12.4. The molecule has 0 bridgehead atoms. The van der Waals surface area contributed by atoms with Gasteiger partial charge in [0.1, 0.15) is 0 Å². The van der Waals surface area contributed by atoms with Gasteiger partial charge in [0.2, 0.25) is 5.88 Å². The topological polar surface area (TPSA) is 64.3 Å². The van der Waals surface area contributed by atoms with Gasteiger partial charge in [-0.2, -0.15) is 4.98 Å². The van der Waals surface area contributed by atoms with E-state index in [1.807, 2.05) is 13.8 Å². The molecule has 1 aromatic rings. The molecule has 0 fully saturated rings. The van der Waals surface area contributed by atoms with E-state index in [4.69, 9.17) is 10.5 Å². The van der Waals surface area contributed by atoms with Gasteiger partial charge in [0.05, 0.1) is 25.0 Å². The van der Waals surface area contributed by atoms with Crippen molar-refractivity contribution in [2.24, 2.45) is 5.73 Å². The minimum Gasteiger partial charge on any atom is -0.474 e. The number of anilines is 1. The van der Waals surface area contributed by atoms with E-state index in [9.17, 15) is 8.78 Å². The molecule has 0 saturated heterocycles. The van der Waals surface area contributed by atoms with Gasteiger partial charge in [0.25, 0.3) is 6.43 Å². The van der Waals surface area contributed by atoms with Crippen LogP contribution in [0.5, 0.6) is 5.88 Å². The molecule has 1 heterocycles. The second-order valence-corrected chi connectivity index (χ2v) is 4.01. The highest BCUT2D eigenvalue weighted by Gasteiger charge is 2.14. The first-order chi connectivity index (χ1) is 8.52. The van der Waals surface area contributed by atoms with Crippen molar-refractivity contribution in [1.29, 1.82) is 0 Å². The zero-order valence-corrected chi connectivity index (χ0v) is 10.5.